The summed E-state index contributed by atoms with van der Waals surface area (Å²) in [4.78, 5) is 30.6. The normalized spacial score (nSPS) is 13.3. The molecule has 3 rings (SSSR count). The Morgan fingerprint density at radius 3 is 2.59 bits per heavy atom. The number of para-hydroxylation sites is 1. The Balaban J connectivity index is 1.91. The van der Waals surface area contributed by atoms with Crippen molar-refractivity contribution in [1.29, 1.82) is 0 Å². The van der Waals surface area contributed by atoms with Crippen molar-refractivity contribution in [3.63, 3.8) is 0 Å². The van der Waals surface area contributed by atoms with E-state index >= 15 is 0 Å². The van der Waals surface area contributed by atoms with E-state index in [0.29, 0.717) is 16.1 Å². The van der Waals surface area contributed by atoms with E-state index in [1.54, 1.807) is 10.6 Å². The predicted octanol–water partition coefficient (Wildman–Crippen LogP) is 5.10. The van der Waals surface area contributed by atoms with Crippen molar-refractivity contribution in [3.8, 4) is 0 Å². The number of aryl methyl sites for hydroxylation is 2. The second kappa shape index (κ2) is 8.82. The van der Waals surface area contributed by atoms with Crippen LogP contribution in [0.5, 0.6) is 0 Å². The summed E-state index contributed by atoms with van der Waals surface area (Å²) in [5.74, 6) is -0.111. The fraction of sp³-hybridized carbons (Fsp3) is 0.348. The number of carbonyl (C=O) groups excluding carboxylic acids is 1. The molecule has 1 aromatic heterocycles. The lowest BCUT2D eigenvalue weighted by atomic mass is 10.1. The van der Waals surface area contributed by atoms with Gasteiger partial charge in [0.15, 0.2) is 5.16 Å². The van der Waals surface area contributed by atoms with Crippen LogP contribution in [0.15, 0.2) is 52.4 Å². The van der Waals surface area contributed by atoms with Gasteiger partial charge in [0.1, 0.15) is 0 Å². The van der Waals surface area contributed by atoms with Gasteiger partial charge in [-0.1, -0.05) is 48.5 Å². The zero-order valence-corrected chi connectivity index (χ0v) is 18.3. The maximum atomic E-state index is 13.1. The van der Waals surface area contributed by atoms with Crippen molar-refractivity contribution in [2.45, 2.75) is 57.5 Å². The van der Waals surface area contributed by atoms with Gasteiger partial charge in [-0.15, -0.1) is 0 Å². The highest BCUT2D eigenvalue weighted by Crippen LogP contribution is 2.27. The van der Waals surface area contributed by atoms with E-state index in [1.807, 2.05) is 71.0 Å². The van der Waals surface area contributed by atoms with E-state index in [2.05, 4.69) is 5.32 Å². The molecule has 2 aromatic carbocycles. The number of carbonyl (C=O) groups is 1. The molecule has 0 radical (unpaired) electrons. The maximum Gasteiger partial charge on any atom is 0.262 e. The second-order valence-corrected chi connectivity index (χ2v) is 8.72. The summed E-state index contributed by atoms with van der Waals surface area (Å²) in [6.45, 7) is 9.88. The van der Waals surface area contributed by atoms with Crippen molar-refractivity contribution in [3.05, 3.63) is 63.9 Å². The van der Waals surface area contributed by atoms with Crippen molar-refractivity contribution in [1.82, 2.24) is 9.55 Å². The molecule has 3 aromatic rings. The molecule has 0 fully saturated rings. The van der Waals surface area contributed by atoms with Gasteiger partial charge in [0.25, 0.3) is 5.56 Å². The fourth-order valence-corrected chi connectivity index (χ4v) is 4.19. The molecular weight excluding hydrogens is 382 g/mol. The molecule has 0 saturated carbocycles. The van der Waals surface area contributed by atoms with Gasteiger partial charge in [-0.25, -0.2) is 4.98 Å². The van der Waals surface area contributed by atoms with Crippen LogP contribution in [0.25, 0.3) is 10.9 Å². The van der Waals surface area contributed by atoms with Crippen molar-refractivity contribution in [2.24, 2.45) is 0 Å². The lowest BCUT2D eigenvalue weighted by Crippen LogP contribution is -2.28. The van der Waals surface area contributed by atoms with Gasteiger partial charge >= 0.3 is 0 Å². The van der Waals surface area contributed by atoms with E-state index in [4.69, 9.17) is 4.98 Å². The lowest BCUT2D eigenvalue weighted by molar-refractivity contribution is -0.115. The van der Waals surface area contributed by atoms with Gasteiger partial charge in [-0.3, -0.25) is 14.2 Å². The number of hydrogen-bond donors (Lipinski definition) is 1. The molecule has 1 amide bonds. The van der Waals surface area contributed by atoms with Crippen LogP contribution in [0.4, 0.5) is 5.69 Å². The summed E-state index contributed by atoms with van der Waals surface area (Å²) in [6, 6.07) is 13.3. The third-order valence-electron chi connectivity index (χ3n) is 5.10. The molecule has 0 aliphatic rings. The zero-order chi connectivity index (χ0) is 21.1. The Morgan fingerprint density at radius 2 is 1.90 bits per heavy atom. The van der Waals surface area contributed by atoms with Crippen LogP contribution in [-0.2, 0) is 4.79 Å². The molecule has 0 aliphatic heterocycles. The highest BCUT2D eigenvalue weighted by atomic mass is 32.2. The van der Waals surface area contributed by atoms with Gasteiger partial charge < -0.3 is 5.32 Å². The summed E-state index contributed by atoms with van der Waals surface area (Å²) in [7, 11) is 0. The highest BCUT2D eigenvalue weighted by Gasteiger charge is 2.21. The standard InChI is InChI=1S/C23H27N3O2S/c1-6-16(4)26-22(28)18-9-7-8-10-20(18)25-23(26)29-17(5)21(27)24-19-12-11-14(2)13-15(19)3/h7-13,16-17H,6H2,1-5H3,(H,24,27)/t16-,17-/m0/s1. The quantitative estimate of drug-likeness (QED) is 0.454. The number of rotatable bonds is 6. The Kier molecular flexibility index (Phi) is 6.42. The third-order valence-corrected chi connectivity index (χ3v) is 6.16. The van der Waals surface area contributed by atoms with Crippen LogP contribution in [0.2, 0.25) is 0 Å². The van der Waals surface area contributed by atoms with Crippen LogP contribution >= 0.6 is 11.8 Å². The molecule has 152 valence electrons. The average Bonchev–Trinajstić information content (AvgIpc) is 2.69. The number of nitrogens with zero attached hydrogens (tertiary/aromatic N) is 2. The zero-order valence-electron chi connectivity index (χ0n) is 17.5. The van der Waals surface area contributed by atoms with Crippen molar-refractivity contribution in [2.75, 3.05) is 5.32 Å². The molecule has 1 heterocycles. The number of fused-ring (bicyclic) bond motifs is 1. The van der Waals surface area contributed by atoms with E-state index in [9.17, 15) is 9.59 Å². The van der Waals surface area contributed by atoms with Crippen LogP contribution in [0, 0.1) is 13.8 Å². The summed E-state index contributed by atoms with van der Waals surface area (Å²) < 4.78 is 1.72. The van der Waals surface area contributed by atoms with E-state index in [1.165, 1.54) is 11.8 Å². The van der Waals surface area contributed by atoms with E-state index in [0.717, 1.165) is 23.2 Å². The first-order valence-corrected chi connectivity index (χ1v) is 10.8. The first-order valence-electron chi connectivity index (χ1n) is 9.87. The smallest absolute Gasteiger partial charge is 0.262 e. The van der Waals surface area contributed by atoms with Gasteiger partial charge in [0.2, 0.25) is 5.91 Å². The number of amides is 1. The Labute approximate surface area is 175 Å². The molecule has 0 spiro atoms. The average molecular weight is 410 g/mol. The monoisotopic (exact) mass is 409 g/mol. The van der Waals surface area contributed by atoms with E-state index < -0.39 is 5.25 Å². The van der Waals surface area contributed by atoms with Crippen molar-refractivity contribution < 1.29 is 4.79 Å². The van der Waals surface area contributed by atoms with Gasteiger partial charge in [-0.05, 0) is 57.9 Å². The summed E-state index contributed by atoms with van der Waals surface area (Å²) in [5.41, 5.74) is 3.58. The first kappa shape index (κ1) is 21.1. The molecule has 29 heavy (non-hydrogen) atoms. The number of thioether (sulfide) groups is 1. The predicted molar refractivity (Wildman–Crippen MR) is 121 cm³/mol. The molecule has 2 atom stereocenters. The van der Waals surface area contributed by atoms with Crippen LogP contribution < -0.4 is 10.9 Å². The summed E-state index contributed by atoms with van der Waals surface area (Å²) in [6.07, 6.45) is 0.802. The third kappa shape index (κ3) is 4.53. The van der Waals surface area contributed by atoms with Crippen molar-refractivity contribution >= 4 is 34.3 Å². The van der Waals surface area contributed by atoms with E-state index in [-0.39, 0.29) is 17.5 Å². The minimum absolute atomic E-state index is 0.00305. The highest BCUT2D eigenvalue weighted by molar-refractivity contribution is 8.00. The van der Waals surface area contributed by atoms with Crippen LogP contribution in [0.1, 0.15) is 44.4 Å². The SMILES string of the molecule is CC[C@H](C)n1c(S[C@@H](C)C(=O)Nc2ccc(C)cc2C)nc2ccccc2c1=O. The number of benzene rings is 2. The van der Waals surface area contributed by atoms with Gasteiger partial charge in [0.05, 0.1) is 16.2 Å². The fourth-order valence-electron chi connectivity index (χ4n) is 3.18. The summed E-state index contributed by atoms with van der Waals surface area (Å²) in [5, 5.41) is 3.77. The number of hydrogen-bond acceptors (Lipinski definition) is 4. The molecule has 0 aliphatic carbocycles. The Morgan fingerprint density at radius 1 is 1.17 bits per heavy atom. The molecule has 0 bridgehead atoms. The molecule has 6 heteroatoms. The van der Waals surface area contributed by atoms with Crippen LogP contribution in [-0.4, -0.2) is 20.7 Å². The number of aromatic nitrogens is 2. The number of nitrogens with one attached hydrogen (secondary N) is 1. The number of anilines is 1. The minimum atomic E-state index is -0.404. The van der Waals surface area contributed by atoms with Gasteiger partial charge in [-0.2, -0.15) is 0 Å². The largest absolute Gasteiger partial charge is 0.325 e. The maximum absolute atomic E-state index is 13.1. The topological polar surface area (TPSA) is 64.0 Å². The van der Waals surface area contributed by atoms with Crippen LogP contribution in [0.3, 0.4) is 0 Å². The summed E-state index contributed by atoms with van der Waals surface area (Å²) >= 11 is 1.32. The Bertz CT molecular complexity index is 1110. The Hall–Kier alpha value is -2.60. The van der Waals surface area contributed by atoms with Gasteiger partial charge in [0, 0.05) is 11.7 Å². The lowest BCUT2D eigenvalue weighted by Gasteiger charge is -2.20. The minimum Gasteiger partial charge on any atom is -0.325 e. The molecule has 0 unspecified atom stereocenters. The molecular formula is C23H27N3O2S. The second-order valence-electron chi connectivity index (χ2n) is 7.41. The first-order chi connectivity index (χ1) is 13.8. The molecule has 0 saturated heterocycles. The molecule has 5 nitrogen and oxygen atoms in total. The molecule has 1 N–H and O–H groups in total.